The maximum Gasteiger partial charge on any atom is 0.226 e. The van der Waals surface area contributed by atoms with Crippen molar-refractivity contribution in [3.05, 3.63) is 88.9 Å². The minimum absolute atomic E-state index is 0.00788. The molecule has 152 valence electrons. The van der Waals surface area contributed by atoms with Gasteiger partial charge in [-0.3, -0.25) is 4.79 Å². The van der Waals surface area contributed by atoms with Gasteiger partial charge in [0, 0.05) is 30.3 Å². The van der Waals surface area contributed by atoms with Crippen LogP contribution in [-0.4, -0.2) is 15.9 Å². The topological polar surface area (TPSA) is 68.0 Å². The molecule has 8 heteroatoms. The Kier molecular flexibility index (Phi) is 5.94. The van der Waals surface area contributed by atoms with Gasteiger partial charge >= 0.3 is 0 Å². The lowest BCUT2D eigenvalue weighted by molar-refractivity contribution is -0.116. The van der Waals surface area contributed by atoms with Crippen molar-refractivity contribution in [2.24, 2.45) is 0 Å². The standard InChI is InChI=1S/C22H17F2N3O2S/c23-16-7-4-8-17(24)21(16)18-13-25-20(29-18)10-9-19(28)27-22-26-12-15(30-22)11-14-5-2-1-3-6-14/h1-8,12-13H,9-11H2,(H,26,27,28). The zero-order valence-electron chi connectivity index (χ0n) is 15.8. The van der Waals surface area contributed by atoms with Gasteiger partial charge in [0.1, 0.15) is 11.6 Å². The summed E-state index contributed by atoms with van der Waals surface area (Å²) in [7, 11) is 0. The number of hydrogen-bond acceptors (Lipinski definition) is 5. The second-order valence-electron chi connectivity index (χ2n) is 6.56. The number of aromatic nitrogens is 2. The number of anilines is 1. The maximum atomic E-state index is 13.8. The first-order chi connectivity index (χ1) is 14.6. The average molecular weight is 425 g/mol. The van der Waals surface area contributed by atoms with Crippen LogP contribution in [0.1, 0.15) is 22.8 Å². The smallest absolute Gasteiger partial charge is 0.226 e. The molecule has 30 heavy (non-hydrogen) atoms. The summed E-state index contributed by atoms with van der Waals surface area (Å²) in [6, 6.07) is 13.6. The van der Waals surface area contributed by atoms with Crippen molar-refractivity contribution in [1.29, 1.82) is 0 Å². The van der Waals surface area contributed by atoms with Crippen molar-refractivity contribution < 1.29 is 18.0 Å². The number of oxazole rings is 1. The lowest BCUT2D eigenvalue weighted by Gasteiger charge is -2.01. The molecule has 1 N–H and O–H groups in total. The van der Waals surface area contributed by atoms with Gasteiger partial charge in [0.15, 0.2) is 16.8 Å². The largest absolute Gasteiger partial charge is 0.441 e. The fraction of sp³-hybridized carbons (Fsp3) is 0.136. The normalized spacial score (nSPS) is 10.9. The lowest BCUT2D eigenvalue weighted by atomic mass is 10.1. The van der Waals surface area contributed by atoms with Crippen LogP contribution in [0.4, 0.5) is 13.9 Å². The summed E-state index contributed by atoms with van der Waals surface area (Å²) >= 11 is 1.42. The highest BCUT2D eigenvalue weighted by molar-refractivity contribution is 7.15. The molecule has 2 heterocycles. The summed E-state index contributed by atoms with van der Waals surface area (Å²) in [4.78, 5) is 21.5. The van der Waals surface area contributed by atoms with E-state index in [2.05, 4.69) is 15.3 Å². The van der Waals surface area contributed by atoms with E-state index in [1.165, 1.54) is 29.2 Å². The van der Waals surface area contributed by atoms with E-state index in [0.717, 1.165) is 23.4 Å². The van der Waals surface area contributed by atoms with Crippen LogP contribution in [0.3, 0.4) is 0 Å². The number of rotatable bonds is 7. The predicted molar refractivity (Wildman–Crippen MR) is 110 cm³/mol. The summed E-state index contributed by atoms with van der Waals surface area (Å²) in [5.74, 6) is -1.48. The van der Waals surface area contributed by atoms with E-state index in [4.69, 9.17) is 4.42 Å². The molecule has 4 rings (SSSR count). The van der Waals surface area contributed by atoms with E-state index >= 15 is 0 Å². The molecule has 0 bridgehead atoms. The highest BCUT2D eigenvalue weighted by Crippen LogP contribution is 2.27. The third kappa shape index (κ3) is 4.77. The fourth-order valence-corrected chi connectivity index (χ4v) is 3.78. The Bertz CT molecular complexity index is 1140. The van der Waals surface area contributed by atoms with Crippen molar-refractivity contribution in [3.8, 4) is 11.3 Å². The Morgan fingerprint density at radius 2 is 1.77 bits per heavy atom. The molecular weight excluding hydrogens is 408 g/mol. The summed E-state index contributed by atoms with van der Waals surface area (Å²) < 4.78 is 33.1. The van der Waals surface area contributed by atoms with E-state index in [0.29, 0.717) is 5.13 Å². The van der Waals surface area contributed by atoms with Gasteiger partial charge in [-0.2, -0.15) is 0 Å². The SMILES string of the molecule is O=C(CCc1ncc(-c2c(F)cccc2F)o1)Nc1ncc(Cc2ccccc2)s1. The van der Waals surface area contributed by atoms with Crippen LogP contribution >= 0.6 is 11.3 Å². The first kappa shape index (κ1) is 19.9. The Morgan fingerprint density at radius 1 is 1.00 bits per heavy atom. The number of aryl methyl sites for hydroxylation is 1. The molecule has 0 spiro atoms. The second kappa shape index (κ2) is 8.96. The number of hydrogen-bond donors (Lipinski definition) is 1. The summed E-state index contributed by atoms with van der Waals surface area (Å²) in [5, 5.41) is 3.27. The van der Waals surface area contributed by atoms with Crippen LogP contribution in [-0.2, 0) is 17.6 Å². The zero-order chi connectivity index (χ0) is 20.9. The van der Waals surface area contributed by atoms with Gasteiger partial charge in [-0.25, -0.2) is 18.7 Å². The Morgan fingerprint density at radius 3 is 2.53 bits per heavy atom. The van der Waals surface area contributed by atoms with Gasteiger partial charge in [0.2, 0.25) is 5.91 Å². The number of benzene rings is 2. The minimum Gasteiger partial charge on any atom is -0.441 e. The van der Waals surface area contributed by atoms with Crippen molar-refractivity contribution >= 4 is 22.4 Å². The Hall–Kier alpha value is -3.39. The van der Waals surface area contributed by atoms with Crippen LogP contribution < -0.4 is 5.32 Å². The molecule has 5 nitrogen and oxygen atoms in total. The number of thiazole rings is 1. The highest BCUT2D eigenvalue weighted by atomic mass is 32.1. The summed E-state index contributed by atoms with van der Waals surface area (Å²) in [5.41, 5.74) is 0.902. The summed E-state index contributed by atoms with van der Waals surface area (Å²) in [6.07, 6.45) is 4.06. The summed E-state index contributed by atoms with van der Waals surface area (Å²) in [6.45, 7) is 0. The van der Waals surface area contributed by atoms with Gasteiger partial charge in [-0.15, -0.1) is 11.3 Å². The average Bonchev–Trinajstić information content (AvgIpc) is 3.37. The van der Waals surface area contributed by atoms with Crippen LogP contribution in [0, 0.1) is 11.6 Å². The lowest BCUT2D eigenvalue weighted by Crippen LogP contribution is -2.12. The molecule has 1 amide bonds. The molecule has 0 atom stereocenters. The monoisotopic (exact) mass is 425 g/mol. The van der Waals surface area contributed by atoms with Crippen LogP contribution in [0.2, 0.25) is 0 Å². The first-order valence-corrected chi connectivity index (χ1v) is 10.1. The molecular formula is C22H17F2N3O2S. The van der Waals surface area contributed by atoms with Gasteiger partial charge < -0.3 is 9.73 Å². The molecule has 0 unspecified atom stereocenters. The number of carbonyl (C=O) groups excluding carboxylic acids is 1. The minimum atomic E-state index is -0.731. The van der Waals surface area contributed by atoms with Gasteiger partial charge in [0.05, 0.1) is 11.8 Å². The van der Waals surface area contributed by atoms with E-state index in [1.54, 1.807) is 6.20 Å². The van der Waals surface area contributed by atoms with Crippen LogP contribution in [0.25, 0.3) is 11.3 Å². The number of nitrogens with zero attached hydrogens (tertiary/aromatic N) is 2. The number of carbonyl (C=O) groups is 1. The first-order valence-electron chi connectivity index (χ1n) is 9.26. The fourth-order valence-electron chi connectivity index (χ4n) is 2.92. The Balaban J connectivity index is 1.32. The molecule has 0 aliphatic carbocycles. The molecule has 0 radical (unpaired) electrons. The quantitative estimate of drug-likeness (QED) is 0.440. The molecule has 2 aromatic carbocycles. The van der Waals surface area contributed by atoms with Gasteiger partial charge in [-0.05, 0) is 17.7 Å². The molecule has 0 saturated carbocycles. The van der Waals surface area contributed by atoms with Crippen LogP contribution in [0.15, 0.2) is 65.3 Å². The van der Waals surface area contributed by atoms with Gasteiger partial charge in [0.25, 0.3) is 0 Å². The van der Waals surface area contributed by atoms with Crippen molar-refractivity contribution in [1.82, 2.24) is 9.97 Å². The molecule has 0 saturated heterocycles. The van der Waals surface area contributed by atoms with Crippen molar-refractivity contribution in [2.45, 2.75) is 19.3 Å². The second-order valence-corrected chi connectivity index (χ2v) is 7.67. The third-order valence-electron chi connectivity index (χ3n) is 4.35. The molecule has 4 aromatic rings. The predicted octanol–water partition coefficient (Wildman–Crippen LogP) is 5.24. The van der Waals surface area contributed by atoms with E-state index in [9.17, 15) is 13.6 Å². The van der Waals surface area contributed by atoms with Gasteiger partial charge in [-0.1, -0.05) is 36.4 Å². The molecule has 0 aliphatic heterocycles. The molecule has 2 aromatic heterocycles. The molecule has 0 aliphatic rings. The van der Waals surface area contributed by atoms with Crippen molar-refractivity contribution in [2.75, 3.05) is 5.32 Å². The van der Waals surface area contributed by atoms with E-state index < -0.39 is 11.6 Å². The highest BCUT2D eigenvalue weighted by Gasteiger charge is 2.16. The van der Waals surface area contributed by atoms with E-state index in [-0.39, 0.29) is 36.0 Å². The number of nitrogens with one attached hydrogen (secondary N) is 1. The maximum absolute atomic E-state index is 13.8. The van der Waals surface area contributed by atoms with Crippen molar-refractivity contribution in [3.63, 3.8) is 0 Å². The van der Waals surface area contributed by atoms with E-state index in [1.807, 2.05) is 30.3 Å². The third-order valence-corrected chi connectivity index (χ3v) is 5.26. The zero-order valence-corrected chi connectivity index (χ0v) is 16.6. The van der Waals surface area contributed by atoms with Crippen LogP contribution in [0.5, 0.6) is 0 Å². The molecule has 0 fully saturated rings. The number of amides is 1. The number of halogens is 2. The Labute approximate surface area is 175 Å².